The first-order valence-electron chi connectivity index (χ1n) is 4.23. The van der Waals surface area contributed by atoms with E-state index in [9.17, 15) is 0 Å². The van der Waals surface area contributed by atoms with Crippen LogP contribution in [-0.2, 0) is 4.79 Å². The molecule has 2 nitrogen and oxygen atoms in total. The normalized spacial score (nSPS) is 25.1. The van der Waals surface area contributed by atoms with E-state index in [1.165, 1.54) is 38.8 Å². The summed E-state index contributed by atoms with van der Waals surface area (Å²) in [5, 5.41) is 0. The van der Waals surface area contributed by atoms with Crippen molar-refractivity contribution >= 4 is 6.79 Å². The fourth-order valence-corrected chi connectivity index (χ4v) is 1.77. The molecule has 2 fully saturated rings. The van der Waals surface area contributed by atoms with Crippen LogP contribution in [0.3, 0.4) is 0 Å². The molecule has 2 aliphatic rings. The SMILES string of the molecule is CN1CCC2(CC1)CC2.[CH-]=O.[Ho]. The van der Waals surface area contributed by atoms with Gasteiger partial charge in [0.15, 0.2) is 0 Å². The van der Waals surface area contributed by atoms with E-state index in [2.05, 4.69) is 18.7 Å². The largest absolute Gasteiger partial charge is 0.545 e. The van der Waals surface area contributed by atoms with Crippen molar-refractivity contribution in [2.24, 2.45) is 5.41 Å². The predicted octanol–water partition coefficient (Wildman–Crippen LogP) is 1.22. The molecule has 1 heterocycles. The summed E-state index contributed by atoms with van der Waals surface area (Å²) in [5.74, 6) is 0. The van der Waals surface area contributed by atoms with Crippen molar-refractivity contribution in [3.63, 3.8) is 0 Å². The molecular formula is C9H16HoNO-. The zero-order valence-corrected chi connectivity index (χ0v) is 9.41. The van der Waals surface area contributed by atoms with Gasteiger partial charge in [-0.05, 0) is 51.2 Å². The van der Waals surface area contributed by atoms with Crippen LogP contribution in [0.15, 0.2) is 0 Å². The van der Waals surface area contributed by atoms with Gasteiger partial charge in [0.1, 0.15) is 0 Å². The molecule has 75 valence electrons. The molecule has 1 saturated heterocycles. The number of nitrogens with zero attached hydrogens (tertiary/aromatic N) is 1. The van der Waals surface area contributed by atoms with E-state index in [1.807, 2.05) is 0 Å². The van der Waals surface area contributed by atoms with Crippen molar-refractivity contribution in [1.29, 1.82) is 0 Å². The van der Waals surface area contributed by atoms with Gasteiger partial charge in [0.2, 0.25) is 0 Å². The maximum atomic E-state index is 7.75. The summed E-state index contributed by atoms with van der Waals surface area (Å²) in [4.78, 5) is 10.2. The number of piperidine rings is 1. The van der Waals surface area contributed by atoms with Crippen LogP contribution >= 0.6 is 0 Å². The van der Waals surface area contributed by atoms with E-state index in [-0.39, 0.29) is 37.7 Å². The maximum Gasteiger partial charge on any atom is 0 e. The number of likely N-dealkylation sites (tertiary alicyclic amines) is 1. The molecule has 0 unspecified atom stereocenters. The second kappa shape index (κ2) is 5.58. The van der Waals surface area contributed by atoms with Crippen LogP contribution in [0.5, 0.6) is 0 Å². The van der Waals surface area contributed by atoms with Crippen LogP contribution in [0.4, 0.5) is 0 Å². The summed E-state index contributed by atoms with van der Waals surface area (Å²) in [6.07, 6.45) is 6.01. The summed E-state index contributed by atoms with van der Waals surface area (Å²) >= 11 is 0. The Balaban J connectivity index is 0.000000378. The maximum absolute atomic E-state index is 7.75. The van der Waals surface area contributed by atoms with E-state index < -0.39 is 0 Å². The summed E-state index contributed by atoms with van der Waals surface area (Å²) in [6, 6.07) is 0. The average Bonchev–Trinajstić information content (AvgIpc) is 2.81. The van der Waals surface area contributed by atoms with Crippen LogP contribution in [0.2, 0.25) is 0 Å². The van der Waals surface area contributed by atoms with Gasteiger partial charge in [-0.15, -0.1) is 0 Å². The summed E-state index contributed by atoms with van der Waals surface area (Å²) in [5.41, 5.74) is 0.868. The minimum absolute atomic E-state index is 0. The molecule has 0 amide bonds. The molecule has 0 aromatic carbocycles. The van der Waals surface area contributed by atoms with Gasteiger partial charge in [-0.3, -0.25) is 6.79 Å². The molecule has 12 heavy (non-hydrogen) atoms. The molecule has 0 N–H and O–H groups in total. The van der Waals surface area contributed by atoms with Crippen LogP contribution in [-0.4, -0.2) is 31.8 Å². The molecular weight excluding hydrogens is 303 g/mol. The van der Waals surface area contributed by atoms with Gasteiger partial charge in [-0.1, -0.05) is 0 Å². The van der Waals surface area contributed by atoms with E-state index >= 15 is 0 Å². The molecule has 0 aromatic rings. The number of hydrogen-bond donors (Lipinski definition) is 0. The first-order chi connectivity index (χ1) is 5.31. The van der Waals surface area contributed by atoms with Gasteiger partial charge < -0.3 is 9.69 Å². The fourth-order valence-electron chi connectivity index (χ4n) is 1.77. The average molecular weight is 319 g/mol. The fraction of sp³-hybridized carbons (Fsp3) is 0.889. The Kier molecular flexibility index (Phi) is 6.00. The Morgan fingerprint density at radius 3 is 1.83 bits per heavy atom. The number of rotatable bonds is 0. The summed E-state index contributed by atoms with van der Waals surface area (Å²) in [6.45, 7) is 5.94. The van der Waals surface area contributed by atoms with Gasteiger partial charge >= 0.3 is 0 Å². The minimum Gasteiger partial charge on any atom is -0.545 e. The first kappa shape index (κ1) is 12.9. The first-order valence-corrected chi connectivity index (χ1v) is 4.23. The van der Waals surface area contributed by atoms with E-state index in [0.29, 0.717) is 0 Å². The minimum atomic E-state index is 0. The Morgan fingerprint density at radius 2 is 1.50 bits per heavy atom. The van der Waals surface area contributed by atoms with Crippen molar-refractivity contribution in [2.45, 2.75) is 25.7 Å². The zero-order chi connectivity index (χ0) is 8.32. The molecule has 1 spiro atoms. The smallest absolute Gasteiger partial charge is 0 e. The van der Waals surface area contributed by atoms with Gasteiger partial charge in [0.05, 0.1) is 0 Å². The number of hydrogen-bond acceptors (Lipinski definition) is 2. The Morgan fingerprint density at radius 1 is 1.08 bits per heavy atom. The molecule has 0 aromatic heterocycles. The van der Waals surface area contributed by atoms with Crippen LogP contribution in [0, 0.1) is 43.2 Å². The molecule has 1 saturated carbocycles. The van der Waals surface area contributed by atoms with Crippen molar-refractivity contribution in [2.75, 3.05) is 20.1 Å². The van der Waals surface area contributed by atoms with Gasteiger partial charge in [-0.2, -0.15) is 0 Å². The van der Waals surface area contributed by atoms with E-state index in [0.717, 1.165) is 5.41 Å². The molecule has 1 radical (unpaired) electrons. The van der Waals surface area contributed by atoms with Crippen molar-refractivity contribution in [1.82, 2.24) is 4.90 Å². The molecule has 0 bridgehead atoms. The topological polar surface area (TPSA) is 20.3 Å². The third kappa shape index (κ3) is 3.33. The van der Waals surface area contributed by atoms with Crippen LogP contribution in [0.1, 0.15) is 25.7 Å². The Bertz CT molecular complexity index is 126. The van der Waals surface area contributed by atoms with E-state index in [4.69, 9.17) is 4.79 Å². The monoisotopic (exact) mass is 319 g/mol. The summed E-state index contributed by atoms with van der Waals surface area (Å²) < 4.78 is 0. The Labute approximate surface area is 105 Å². The van der Waals surface area contributed by atoms with Gasteiger partial charge in [0.25, 0.3) is 0 Å². The summed E-state index contributed by atoms with van der Waals surface area (Å²) in [7, 11) is 2.23. The van der Waals surface area contributed by atoms with E-state index in [1.54, 1.807) is 0 Å². The molecule has 0 atom stereocenters. The zero-order valence-electron chi connectivity index (χ0n) is 7.48. The van der Waals surface area contributed by atoms with Gasteiger partial charge in [-0.25, -0.2) is 0 Å². The molecule has 1 aliphatic heterocycles. The Hall–Kier alpha value is 0.890. The second-order valence-corrected chi connectivity index (χ2v) is 3.80. The van der Waals surface area contributed by atoms with Crippen LogP contribution in [0.25, 0.3) is 0 Å². The molecule has 2 rings (SSSR count). The second-order valence-electron chi connectivity index (χ2n) is 3.80. The third-order valence-corrected chi connectivity index (χ3v) is 3.00. The predicted molar refractivity (Wildman–Crippen MR) is 45.1 cm³/mol. The molecule has 3 heteroatoms. The van der Waals surface area contributed by atoms with Crippen molar-refractivity contribution in [3.05, 3.63) is 0 Å². The quantitative estimate of drug-likeness (QED) is 0.380. The standard InChI is InChI=1S/C8H15N.CHO.Ho/c1-9-6-4-8(2-3-8)5-7-9;1-2;/h2-7H2,1H3;1H;/q;-1;. The van der Waals surface area contributed by atoms with Crippen molar-refractivity contribution < 1.29 is 42.5 Å². The van der Waals surface area contributed by atoms with Gasteiger partial charge in [0, 0.05) is 37.7 Å². The van der Waals surface area contributed by atoms with Crippen LogP contribution < -0.4 is 0 Å². The third-order valence-electron chi connectivity index (χ3n) is 3.00. The number of carbonyl (C=O) groups excluding carboxylic acids is 1. The molecule has 1 aliphatic carbocycles. The van der Waals surface area contributed by atoms with Crippen molar-refractivity contribution in [3.8, 4) is 0 Å².